The predicted octanol–water partition coefficient (Wildman–Crippen LogP) is -0.0383. The molecule has 6 N–H and O–H groups in total. The van der Waals surface area contributed by atoms with Gasteiger partial charge in [-0.15, -0.1) is 11.8 Å². The molecular weight excluding hydrogens is 394 g/mol. The molecule has 0 radical (unpaired) electrons. The number of likely N-dealkylation sites (tertiary alicyclic amines) is 1. The highest BCUT2D eigenvalue weighted by Crippen LogP contribution is 2.53. The number of hydrogen-bond acceptors (Lipinski definition) is 6. The van der Waals surface area contributed by atoms with Crippen molar-refractivity contribution in [1.29, 1.82) is 5.41 Å². The van der Waals surface area contributed by atoms with Crippen LogP contribution < -0.4 is 11.1 Å². The van der Waals surface area contributed by atoms with Gasteiger partial charge in [-0.25, -0.2) is 4.79 Å². The maximum Gasteiger partial charge on any atom is 0.353 e. The van der Waals surface area contributed by atoms with E-state index >= 15 is 0 Å². The number of carboxylic acids is 1. The number of nitrogens with zero attached hydrogens (tertiary/aromatic N) is 2. The van der Waals surface area contributed by atoms with E-state index in [1.165, 1.54) is 4.90 Å². The van der Waals surface area contributed by atoms with Gasteiger partial charge in [-0.05, 0) is 26.2 Å². The third-order valence-corrected chi connectivity index (χ3v) is 8.24. The highest BCUT2D eigenvalue weighted by atomic mass is 32.2. The Kier molecular flexibility index (Phi) is 5.28. The number of aliphatic hydroxyl groups excluding tert-OH is 1. The Morgan fingerprint density at radius 3 is 2.62 bits per heavy atom. The molecule has 0 spiro atoms. The minimum atomic E-state index is -1.07. The fraction of sp³-hybridized carbons (Fsp3) is 0.737. The van der Waals surface area contributed by atoms with Crippen molar-refractivity contribution >= 4 is 29.6 Å². The number of carbonyl (C=O) groups excluding carboxylic acids is 1. The van der Waals surface area contributed by atoms with Gasteiger partial charge in [0.1, 0.15) is 5.70 Å². The molecule has 4 rings (SSSR count). The second-order valence-electron chi connectivity index (χ2n) is 8.66. The molecule has 5 atom stereocenters. The lowest BCUT2D eigenvalue weighted by atomic mass is 9.79. The molecule has 0 aromatic carbocycles. The summed E-state index contributed by atoms with van der Waals surface area (Å²) in [6.07, 6.45) is 2.09. The maximum atomic E-state index is 12.4. The molecule has 2 saturated heterocycles. The Morgan fingerprint density at radius 2 is 2.07 bits per heavy atom. The zero-order chi connectivity index (χ0) is 21.0. The summed E-state index contributed by atoms with van der Waals surface area (Å²) in [7, 11) is 0. The first-order valence-corrected chi connectivity index (χ1v) is 11.1. The van der Waals surface area contributed by atoms with Gasteiger partial charge in [-0.3, -0.25) is 10.2 Å². The van der Waals surface area contributed by atoms with Gasteiger partial charge in [-0.2, -0.15) is 0 Å². The SMILES string of the molecule is C[C@@H](O)[C@H]1C(=O)N2C(C(=O)O)=C(SC3CC(N[C@@H]4CCN(C(=N)N)C4)C3)[C@H](C)[C@H]12. The van der Waals surface area contributed by atoms with Gasteiger partial charge < -0.3 is 31.1 Å². The third kappa shape index (κ3) is 3.40. The van der Waals surface area contributed by atoms with Crippen LogP contribution in [0, 0.1) is 17.2 Å². The van der Waals surface area contributed by atoms with E-state index < -0.39 is 18.0 Å². The first-order valence-electron chi connectivity index (χ1n) is 10.2. The van der Waals surface area contributed by atoms with Crippen LogP contribution in [0.4, 0.5) is 0 Å². The van der Waals surface area contributed by atoms with E-state index in [1.54, 1.807) is 18.7 Å². The lowest BCUT2D eigenvalue weighted by Gasteiger charge is -2.46. The molecule has 9 nitrogen and oxygen atoms in total. The van der Waals surface area contributed by atoms with E-state index in [2.05, 4.69) is 5.32 Å². The first-order chi connectivity index (χ1) is 13.7. The van der Waals surface area contributed by atoms with Gasteiger partial charge in [0.05, 0.1) is 18.1 Å². The van der Waals surface area contributed by atoms with Crippen molar-refractivity contribution < 1.29 is 19.8 Å². The van der Waals surface area contributed by atoms with Crippen LogP contribution in [-0.2, 0) is 9.59 Å². The third-order valence-electron chi connectivity index (χ3n) is 6.70. The van der Waals surface area contributed by atoms with Crippen LogP contribution in [0.1, 0.15) is 33.1 Å². The standard InChI is InChI=1S/C19H29N5O4S/c1-8-14-13(9(2)25)17(26)24(14)15(18(27)28)16(8)29-12-5-11(6-12)22-10-3-4-23(7-10)19(20)21/h8-14,22,25H,3-7H2,1-2H3,(H3,20,21)(H,27,28)/t8-,9-,10-,11?,12?,13-,14-/m1/s1. The summed E-state index contributed by atoms with van der Waals surface area (Å²) >= 11 is 1.59. The molecule has 29 heavy (non-hydrogen) atoms. The Balaban J connectivity index is 1.35. The maximum absolute atomic E-state index is 12.4. The van der Waals surface area contributed by atoms with Gasteiger partial charge >= 0.3 is 5.97 Å². The molecule has 3 heterocycles. The summed E-state index contributed by atoms with van der Waals surface area (Å²) in [5, 5.41) is 31.1. The molecule has 3 aliphatic heterocycles. The average Bonchev–Trinajstić information content (AvgIpc) is 3.15. The van der Waals surface area contributed by atoms with E-state index in [9.17, 15) is 19.8 Å². The van der Waals surface area contributed by atoms with Crippen molar-refractivity contribution in [3.8, 4) is 0 Å². The summed E-state index contributed by atoms with van der Waals surface area (Å²) < 4.78 is 0. The number of carbonyl (C=O) groups is 2. The topological polar surface area (TPSA) is 143 Å². The summed E-state index contributed by atoms with van der Waals surface area (Å²) in [6, 6.07) is 0.473. The van der Waals surface area contributed by atoms with Gasteiger partial charge in [0.15, 0.2) is 5.96 Å². The van der Waals surface area contributed by atoms with Crippen LogP contribution in [0.2, 0.25) is 0 Å². The molecule has 0 unspecified atom stereocenters. The number of aliphatic carboxylic acids is 1. The quantitative estimate of drug-likeness (QED) is 0.228. The molecule has 0 aromatic heterocycles. The monoisotopic (exact) mass is 423 g/mol. The summed E-state index contributed by atoms with van der Waals surface area (Å²) in [4.78, 5) is 28.3. The van der Waals surface area contributed by atoms with Crippen molar-refractivity contribution in [3.05, 3.63) is 10.6 Å². The van der Waals surface area contributed by atoms with Crippen LogP contribution >= 0.6 is 11.8 Å². The molecule has 4 aliphatic rings. The lowest BCUT2D eigenvalue weighted by molar-refractivity contribution is -0.163. The molecule has 10 heteroatoms. The molecule has 0 bridgehead atoms. The highest BCUT2D eigenvalue weighted by molar-refractivity contribution is 8.03. The Hall–Kier alpha value is -1.78. The Morgan fingerprint density at radius 1 is 1.38 bits per heavy atom. The Labute approximate surface area is 174 Å². The van der Waals surface area contributed by atoms with Crippen LogP contribution in [0.3, 0.4) is 0 Å². The molecule has 1 saturated carbocycles. The van der Waals surface area contributed by atoms with E-state index in [-0.39, 0.29) is 29.5 Å². The number of nitrogens with one attached hydrogen (secondary N) is 2. The number of rotatable bonds is 6. The Bertz CT molecular complexity index is 766. The molecule has 1 aliphatic carbocycles. The van der Waals surface area contributed by atoms with Crippen molar-refractivity contribution in [2.45, 2.75) is 62.6 Å². The van der Waals surface area contributed by atoms with Gasteiger partial charge in [0, 0.05) is 41.2 Å². The minimum absolute atomic E-state index is 0.0747. The average molecular weight is 424 g/mol. The number of nitrogens with two attached hydrogens (primary N) is 1. The van der Waals surface area contributed by atoms with Gasteiger partial charge in [0.25, 0.3) is 0 Å². The summed E-state index contributed by atoms with van der Waals surface area (Å²) in [5.41, 5.74) is 5.66. The van der Waals surface area contributed by atoms with E-state index in [0.717, 1.165) is 37.3 Å². The van der Waals surface area contributed by atoms with Crippen LogP contribution in [0.25, 0.3) is 0 Å². The molecular formula is C19H29N5O4S. The molecule has 160 valence electrons. The molecule has 3 fully saturated rings. The number of aliphatic hydroxyl groups is 1. The van der Waals surface area contributed by atoms with Crippen molar-refractivity contribution in [3.63, 3.8) is 0 Å². The van der Waals surface area contributed by atoms with Crippen LogP contribution in [-0.4, -0.2) is 80.4 Å². The van der Waals surface area contributed by atoms with Gasteiger partial charge in [-0.1, -0.05) is 6.92 Å². The number of thioether (sulfide) groups is 1. The minimum Gasteiger partial charge on any atom is -0.477 e. The van der Waals surface area contributed by atoms with E-state index in [0.29, 0.717) is 17.3 Å². The van der Waals surface area contributed by atoms with Crippen LogP contribution in [0.15, 0.2) is 10.6 Å². The predicted molar refractivity (Wildman–Crippen MR) is 109 cm³/mol. The van der Waals surface area contributed by atoms with E-state index in [4.69, 9.17) is 11.1 Å². The second-order valence-corrected chi connectivity index (χ2v) is 10.0. The highest BCUT2D eigenvalue weighted by Gasteiger charge is 2.60. The van der Waals surface area contributed by atoms with Gasteiger partial charge in [0.2, 0.25) is 5.91 Å². The fourth-order valence-electron chi connectivity index (χ4n) is 5.10. The number of carboxylic acid groups (broad SMARTS) is 1. The number of guanidine groups is 1. The first kappa shape index (κ1) is 20.5. The van der Waals surface area contributed by atoms with Crippen molar-refractivity contribution in [2.24, 2.45) is 17.6 Å². The van der Waals surface area contributed by atoms with Crippen molar-refractivity contribution in [1.82, 2.24) is 15.1 Å². The smallest absolute Gasteiger partial charge is 0.353 e. The number of β-lactam (4-membered cyclic amide) rings is 1. The molecule has 1 amide bonds. The number of amides is 1. The summed E-state index contributed by atoms with van der Waals surface area (Å²) in [5.74, 6) is -1.82. The zero-order valence-corrected chi connectivity index (χ0v) is 17.5. The van der Waals surface area contributed by atoms with Crippen LogP contribution in [0.5, 0.6) is 0 Å². The zero-order valence-electron chi connectivity index (χ0n) is 16.7. The number of hydrogen-bond donors (Lipinski definition) is 5. The molecule has 0 aromatic rings. The lowest BCUT2D eigenvalue weighted by Crippen LogP contribution is -2.63. The second kappa shape index (κ2) is 7.48. The summed E-state index contributed by atoms with van der Waals surface area (Å²) in [6.45, 7) is 5.12. The fourth-order valence-corrected chi connectivity index (χ4v) is 6.77. The number of fused-ring (bicyclic) bond motifs is 1. The van der Waals surface area contributed by atoms with Crippen molar-refractivity contribution in [2.75, 3.05) is 13.1 Å². The van der Waals surface area contributed by atoms with E-state index in [1.807, 2.05) is 11.8 Å². The largest absolute Gasteiger partial charge is 0.477 e. The normalized spacial score (nSPS) is 37.3.